The Bertz CT molecular complexity index is 930. The molecule has 6 nitrogen and oxygen atoms in total. The van der Waals surface area contributed by atoms with Crippen LogP contribution in [0.1, 0.15) is 28.1 Å². The number of piperazine rings is 1. The number of carbonyl (C=O) groups is 1. The fraction of sp³-hybridized carbons (Fsp3) is 0.571. The summed E-state index contributed by atoms with van der Waals surface area (Å²) in [6, 6.07) is 0. The Morgan fingerprint density at radius 3 is 2.75 bits per heavy atom. The van der Waals surface area contributed by atoms with E-state index in [1.54, 1.807) is 6.33 Å². The number of nitrogens with one attached hydrogen (secondary N) is 1. The van der Waals surface area contributed by atoms with Crippen LogP contribution in [0.2, 0.25) is 0 Å². The lowest BCUT2D eigenvalue weighted by Gasteiger charge is -2.32. The van der Waals surface area contributed by atoms with Gasteiger partial charge < -0.3 is 15.1 Å². The lowest BCUT2D eigenvalue weighted by atomic mass is 9.93. The molecule has 148 valence electrons. The van der Waals surface area contributed by atoms with Gasteiger partial charge in [0.2, 0.25) is 0 Å². The quantitative estimate of drug-likeness (QED) is 0.804. The van der Waals surface area contributed by atoms with Crippen molar-refractivity contribution >= 4 is 33.3 Å². The SMILES string of the molecule is Cc1c(C(=O)N2CCN(C)CC2)sc2ncnc(NC[C@H]3C[C@@H]4C=C[C@H]3C4)c12. The van der Waals surface area contributed by atoms with Crippen molar-refractivity contribution in [2.24, 2.45) is 17.8 Å². The fourth-order valence-electron chi connectivity index (χ4n) is 4.92. The van der Waals surface area contributed by atoms with Gasteiger partial charge in [0.05, 0.1) is 10.3 Å². The summed E-state index contributed by atoms with van der Waals surface area (Å²) in [4.78, 5) is 28.0. The molecule has 0 spiro atoms. The molecule has 0 radical (unpaired) electrons. The highest BCUT2D eigenvalue weighted by Crippen LogP contribution is 2.43. The monoisotopic (exact) mass is 397 g/mol. The normalized spacial score (nSPS) is 27.1. The molecule has 3 heterocycles. The summed E-state index contributed by atoms with van der Waals surface area (Å²) < 4.78 is 0. The number of rotatable bonds is 4. The first-order valence-electron chi connectivity index (χ1n) is 10.2. The molecule has 28 heavy (non-hydrogen) atoms. The highest BCUT2D eigenvalue weighted by Gasteiger charge is 2.35. The van der Waals surface area contributed by atoms with Crippen molar-refractivity contribution in [2.75, 3.05) is 45.1 Å². The van der Waals surface area contributed by atoms with Crippen molar-refractivity contribution in [2.45, 2.75) is 19.8 Å². The number of aryl methyl sites for hydroxylation is 1. The molecule has 2 fully saturated rings. The van der Waals surface area contributed by atoms with Crippen LogP contribution in [0.25, 0.3) is 10.2 Å². The number of thiophene rings is 1. The molecule has 2 aromatic rings. The molecule has 1 saturated heterocycles. The highest BCUT2D eigenvalue weighted by atomic mass is 32.1. The van der Waals surface area contributed by atoms with Gasteiger partial charge in [0.25, 0.3) is 5.91 Å². The molecule has 3 aliphatic rings. The number of carbonyl (C=O) groups excluding carboxylic acids is 1. The minimum absolute atomic E-state index is 0.137. The molecule has 2 bridgehead atoms. The van der Waals surface area contributed by atoms with Crippen LogP contribution in [-0.4, -0.2) is 65.4 Å². The molecule has 7 heteroatoms. The zero-order chi connectivity index (χ0) is 19.3. The summed E-state index contributed by atoms with van der Waals surface area (Å²) in [5, 5.41) is 4.60. The van der Waals surface area contributed by atoms with Gasteiger partial charge in [0.1, 0.15) is 17.0 Å². The van der Waals surface area contributed by atoms with Gasteiger partial charge >= 0.3 is 0 Å². The number of likely N-dealkylation sites (N-methyl/N-ethyl adjacent to an activating group) is 1. The minimum atomic E-state index is 0.137. The average molecular weight is 398 g/mol. The van der Waals surface area contributed by atoms with Gasteiger partial charge in [-0.1, -0.05) is 12.2 Å². The Kier molecular flexibility index (Phi) is 4.59. The van der Waals surface area contributed by atoms with Crippen molar-refractivity contribution in [1.82, 2.24) is 19.8 Å². The second-order valence-electron chi connectivity index (χ2n) is 8.48. The lowest BCUT2D eigenvalue weighted by Crippen LogP contribution is -2.47. The predicted molar refractivity (Wildman–Crippen MR) is 113 cm³/mol. The van der Waals surface area contributed by atoms with Crippen molar-refractivity contribution in [3.63, 3.8) is 0 Å². The second-order valence-corrected chi connectivity index (χ2v) is 9.47. The van der Waals surface area contributed by atoms with Crippen LogP contribution in [-0.2, 0) is 0 Å². The van der Waals surface area contributed by atoms with E-state index in [2.05, 4.69) is 39.4 Å². The third-order valence-corrected chi connectivity index (χ3v) is 7.85. The van der Waals surface area contributed by atoms with Crippen LogP contribution in [0, 0.1) is 24.7 Å². The molecule has 3 atom stereocenters. The van der Waals surface area contributed by atoms with Gasteiger partial charge in [-0.25, -0.2) is 9.97 Å². The molecule has 1 amide bonds. The van der Waals surface area contributed by atoms with E-state index in [1.807, 2.05) is 11.8 Å². The number of hydrogen-bond acceptors (Lipinski definition) is 6. The maximum absolute atomic E-state index is 13.1. The molecule has 5 rings (SSSR count). The predicted octanol–water partition coefficient (Wildman–Crippen LogP) is 3.01. The first-order valence-corrected chi connectivity index (χ1v) is 11.1. The fourth-order valence-corrected chi connectivity index (χ4v) is 6.04. The number of aromatic nitrogens is 2. The van der Waals surface area contributed by atoms with Crippen LogP contribution in [0.5, 0.6) is 0 Å². The summed E-state index contributed by atoms with van der Waals surface area (Å²) in [6.45, 7) is 6.42. The van der Waals surface area contributed by atoms with Crippen LogP contribution >= 0.6 is 11.3 Å². The molecular formula is C21H27N5OS. The van der Waals surface area contributed by atoms with Crippen molar-refractivity contribution in [3.05, 3.63) is 28.9 Å². The van der Waals surface area contributed by atoms with E-state index >= 15 is 0 Å². The molecule has 1 aliphatic heterocycles. The molecule has 2 aliphatic carbocycles. The molecule has 2 aromatic heterocycles. The Morgan fingerprint density at radius 2 is 2.04 bits per heavy atom. The van der Waals surface area contributed by atoms with Gasteiger partial charge in [0, 0.05) is 32.7 Å². The van der Waals surface area contributed by atoms with E-state index < -0.39 is 0 Å². The van der Waals surface area contributed by atoms with Crippen molar-refractivity contribution in [1.29, 1.82) is 0 Å². The topological polar surface area (TPSA) is 61.4 Å². The average Bonchev–Trinajstić information content (AvgIpc) is 3.41. The zero-order valence-corrected chi connectivity index (χ0v) is 17.3. The van der Waals surface area contributed by atoms with Gasteiger partial charge in [0.15, 0.2) is 0 Å². The van der Waals surface area contributed by atoms with E-state index in [-0.39, 0.29) is 5.91 Å². The van der Waals surface area contributed by atoms with Crippen LogP contribution in [0.15, 0.2) is 18.5 Å². The highest BCUT2D eigenvalue weighted by molar-refractivity contribution is 7.20. The van der Waals surface area contributed by atoms with Gasteiger partial charge in [-0.05, 0) is 50.1 Å². The third kappa shape index (κ3) is 3.10. The Hall–Kier alpha value is -1.99. The van der Waals surface area contributed by atoms with E-state index in [1.165, 1.54) is 24.2 Å². The van der Waals surface area contributed by atoms with Gasteiger partial charge in [-0.15, -0.1) is 11.3 Å². The second kappa shape index (κ2) is 7.12. The number of nitrogens with zero attached hydrogens (tertiary/aromatic N) is 4. The van der Waals surface area contributed by atoms with E-state index in [0.29, 0.717) is 11.8 Å². The standard InChI is InChI=1S/C21H27N5OS/c1-13-17-19(22-11-16-10-14-3-4-15(16)9-14)23-12-24-20(17)28-18(13)21(27)26-7-5-25(2)6-8-26/h3-4,12,14-16H,5-11H2,1-2H3,(H,22,23,24)/t14-,15+,16-/m1/s1. The maximum atomic E-state index is 13.1. The molecule has 1 N–H and O–H groups in total. The maximum Gasteiger partial charge on any atom is 0.264 e. The van der Waals surface area contributed by atoms with Crippen LogP contribution < -0.4 is 5.32 Å². The van der Waals surface area contributed by atoms with Crippen molar-refractivity contribution in [3.8, 4) is 0 Å². The summed E-state index contributed by atoms with van der Waals surface area (Å²) >= 11 is 1.50. The molecular weight excluding hydrogens is 370 g/mol. The van der Waals surface area contributed by atoms with E-state index in [4.69, 9.17) is 0 Å². The third-order valence-electron chi connectivity index (χ3n) is 6.66. The van der Waals surface area contributed by atoms with Gasteiger partial charge in [-0.3, -0.25) is 4.79 Å². The number of anilines is 1. The Labute approximate surface area is 169 Å². The number of hydrogen-bond donors (Lipinski definition) is 1. The number of fused-ring (bicyclic) bond motifs is 3. The molecule has 1 saturated carbocycles. The summed E-state index contributed by atoms with van der Waals surface area (Å²) in [6.07, 6.45) is 8.97. The summed E-state index contributed by atoms with van der Waals surface area (Å²) in [7, 11) is 2.10. The zero-order valence-electron chi connectivity index (χ0n) is 16.5. The number of amides is 1. The first kappa shape index (κ1) is 18.1. The minimum Gasteiger partial charge on any atom is -0.369 e. The van der Waals surface area contributed by atoms with Crippen LogP contribution in [0.4, 0.5) is 5.82 Å². The lowest BCUT2D eigenvalue weighted by molar-refractivity contribution is 0.0668. The first-order chi connectivity index (χ1) is 13.6. The number of allylic oxidation sites excluding steroid dienone is 2. The van der Waals surface area contributed by atoms with E-state index in [0.717, 1.165) is 65.1 Å². The largest absolute Gasteiger partial charge is 0.369 e. The Balaban J connectivity index is 1.37. The molecule has 0 unspecified atom stereocenters. The van der Waals surface area contributed by atoms with Gasteiger partial charge in [-0.2, -0.15) is 0 Å². The summed E-state index contributed by atoms with van der Waals surface area (Å²) in [5.41, 5.74) is 1.01. The Morgan fingerprint density at radius 1 is 1.21 bits per heavy atom. The summed E-state index contributed by atoms with van der Waals surface area (Å²) in [5.74, 6) is 3.19. The smallest absolute Gasteiger partial charge is 0.264 e. The van der Waals surface area contributed by atoms with E-state index in [9.17, 15) is 4.79 Å². The molecule has 0 aromatic carbocycles. The van der Waals surface area contributed by atoms with Crippen LogP contribution in [0.3, 0.4) is 0 Å². The van der Waals surface area contributed by atoms with Crippen molar-refractivity contribution < 1.29 is 4.79 Å².